The molecule has 0 atom stereocenters. The van der Waals surface area contributed by atoms with Gasteiger partial charge in [-0.1, -0.05) is 0 Å². The van der Waals surface area contributed by atoms with E-state index < -0.39 is 9.84 Å². The van der Waals surface area contributed by atoms with Gasteiger partial charge in [-0.05, 0) is 24.3 Å². The molecular formula is C14H19N3O3S. The zero-order valence-electron chi connectivity index (χ0n) is 12.2. The molecule has 1 rings (SSSR count). The van der Waals surface area contributed by atoms with Crippen molar-refractivity contribution in [3.63, 3.8) is 0 Å². The molecule has 1 amide bonds. The van der Waals surface area contributed by atoms with E-state index in [4.69, 9.17) is 5.26 Å². The maximum absolute atomic E-state index is 12.0. The summed E-state index contributed by atoms with van der Waals surface area (Å²) in [5, 5.41) is 11.6. The first kappa shape index (κ1) is 17.1. The van der Waals surface area contributed by atoms with Crippen molar-refractivity contribution in [3.8, 4) is 6.07 Å². The van der Waals surface area contributed by atoms with E-state index in [0.717, 1.165) is 0 Å². The molecule has 0 fully saturated rings. The van der Waals surface area contributed by atoms with Crippen molar-refractivity contribution in [3.05, 3.63) is 29.8 Å². The molecule has 0 heterocycles. The Balaban J connectivity index is 2.43. The van der Waals surface area contributed by atoms with Gasteiger partial charge < -0.3 is 10.2 Å². The number of hydrogen-bond acceptors (Lipinski definition) is 5. The third kappa shape index (κ3) is 5.53. The van der Waals surface area contributed by atoms with Crippen LogP contribution in [0, 0.1) is 11.3 Å². The van der Waals surface area contributed by atoms with Gasteiger partial charge >= 0.3 is 0 Å². The third-order valence-electron chi connectivity index (χ3n) is 2.90. The lowest BCUT2D eigenvalue weighted by Gasteiger charge is -2.10. The summed E-state index contributed by atoms with van der Waals surface area (Å²) in [4.78, 5) is 13.0. The smallest absolute Gasteiger partial charge is 0.223 e. The number of nitriles is 1. The molecule has 7 heteroatoms. The Morgan fingerprint density at radius 3 is 2.38 bits per heavy atom. The maximum Gasteiger partial charge on any atom is 0.223 e. The zero-order chi connectivity index (χ0) is 15.9. The van der Waals surface area contributed by atoms with E-state index in [0.29, 0.717) is 18.5 Å². The van der Waals surface area contributed by atoms with Crippen LogP contribution in [0.15, 0.2) is 29.2 Å². The fourth-order valence-electron chi connectivity index (χ4n) is 1.61. The molecular weight excluding hydrogens is 290 g/mol. The van der Waals surface area contributed by atoms with Crippen LogP contribution in [0.2, 0.25) is 0 Å². The van der Waals surface area contributed by atoms with E-state index >= 15 is 0 Å². The van der Waals surface area contributed by atoms with Crippen LogP contribution in [-0.4, -0.2) is 52.2 Å². The molecule has 114 valence electrons. The molecule has 0 aliphatic rings. The van der Waals surface area contributed by atoms with Crippen molar-refractivity contribution in [2.45, 2.75) is 11.3 Å². The second kappa shape index (κ2) is 7.76. The topological polar surface area (TPSA) is 90.3 Å². The van der Waals surface area contributed by atoms with Crippen molar-refractivity contribution in [2.75, 3.05) is 32.9 Å². The molecule has 0 unspecified atom stereocenters. The van der Waals surface area contributed by atoms with Gasteiger partial charge in [-0.2, -0.15) is 5.26 Å². The number of nitrogens with zero attached hydrogens (tertiary/aromatic N) is 2. The highest BCUT2D eigenvalue weighted by Crippen LogP contribution is 2.11. The van der Waals surface area contributed by atoms with Crippen LogP contribution < -0.4 is 5.32 Å². The molecule has 0 bridgehead atoms. The van der Waals surface area contributed by atoms with E-state index in [1.54, 1.807) is 14.1 Å². The van der Waals surface area contributed by atoms with Crippen LogP contribution in [0.25, 0.3) is 0 Å². The predicted octanol–water partition coefficient (Wildman–Crippen LogP) is 0.400. The van der Waals surface area contributed by atoms with Gasteiger partial charge in [0, 0.05) is 33.6 Å². The molecule has 0 saturated carbocycles. The van der Waals surface area contributed by atoms with E-state index in [1.807, 2.05) is 6.07 Å². The standard InChI is InChI=1S/C14H19N3O3S/c1-17(2)14(18)7-8-16-9-10-21(19,20)13-5-3-12(11-15)4-6-13/h3-6,16H,7-10H2,1-2H3. The highest BCUT2D eigenvalue weighted by atomic mass is 32.2. The maximum atomic E-state index is 12.0. The number of hydrogen-bond donors (Lipinski definition) is 1. The average molecular weight is 309 g/mol. The third-order valence-corrected chi connectivity index (χ3v) is 4.64. The highest BCUT2D eigenvalue weighted by Gasteiger charge is 2.13. The van der Waals surface area contributed by atoms with Gasteiger partial charge in [-0.25, -0.2) is 8.42 Å². The summed E-state index contributed by atoms with van der Waals surface area (Å²) in [6.07, 6.45) is 0.337. The molecule has 0 aromatic heterocycles. The lowest BCUT2D eigenvalue weighted by Crippen LogP contribution is -2.29. The first-order valence-corrected chi connectivity index (χ1v) is 8.16. The van der Waals surface area contributed by atoms with Gasteiger partial charge in [0.25, 0.3) is 0 Å². The molecule has 1 aromatic rings. The average Bonchev–Trinajstić information content (AvgIpc) is 2.46. The minimum atomic E-state index is -3.37. The molecule has 0 aliphatic heterocycles. The Morgan fingerprint density at radius 1 is 1.24 bits per heavy atom. The minimum absolute atomic E-state index is 0.00236. The zero-order valence-corrected chi connectivity index (χ0v) is 13.0. The number of rotatable bonds is 7. The van der Waals surface area contributed by atoms with Crippen LogP contribution in [0.3, 0.4) is 0 Å². The number of amides is 1. The van der Waals surface area contributed by atoms with Crippen molar-refractivity contribution < 1.29 is 13.2 Å². The molecule has 0 aliphatic carbocycles. The Labute approximate surface area is 125 Å². The fraction of sp³-hybridized carbons (Fsp3) is 0.429. The highest BCUT2D eigenvalue weighted by molar-refractivity contribution is 7.91. The first-order chi connectivity index (χ1) is 9.86. The second-order valence-electron chi connectivity index (χ2n) is 4.74. The van der Waals surface area contributed by atoms with Crippen molar-refractivity contribution in [1.82, 2.24) is 10.2 Å². The summed E-state index contributed by atoms with van der Waals surface area (Å²) in [7, 11) is -0.0130. The number of sulfone groups is 1. The van der Waals surface area contributed by atoms with Crippen LogP contribution in [-0.2, 0) is 14.6 Å². The lowest BCUT2D eigenvalue weighted by molar-refractivity contribution is -0.128. The van der Waals surface area contributed by atoms with Gasteiger partial charge in [-0.15, -0.1) is 0 Å². The van der Waals surface area contributed by atoms with Gasteiger partial charge in [0.15, 0.2) is 9.84 Å². The molecule has 0 saturated heterocycles. The van der Waals surface area contributed by atoms with Crippen molar-refractivity contribution >= 4 is 15.7 Å². The van der Waals surface area contributed by atoms with Crippen LogP contribution >= 0.6 is 0 Å². The fourth-order valence-corrected chi connectivity index (χ4v) is 2.80. The van der Waals surface area contributed by atoms with E-state index in [9.17, 15) is 13.2 Å². The lowest BCUT2D eigenvalue weighted by atomic mass is 10.2. The SMILES string of the molecule is CN(C)C(=O)CCNCCS(=O)(=O)c1ccc(C#N)cc1. The van der Waals surface area contributed by atoms with Gasteiger partial charge in [0.1, 0.15) is 0 Å². The van der Waals surface area contributed by atoms with E-state index in [2.05, 4.69) is 5.32 Å². The molecule has 0 radical (unpaired) electrons. The van der Waals surface area contributed by atoms with Gasteiger partial charge in [0.2, 0.25) is 5.91 Å². The van der Waals surface area contributed by atoms with Crippen molar-refractivity contribution in [1.29, 1.82) is 5.26 Å². The summed E-state index contributed by atoms with van der Waals surface area (Å²) >= 11 is 0. The Morgan fingerprint density at radius 2 is 1.86 bits per heavy atom. The summed E-state index contributed by atoms with van der Waals surface area (Å²) in [6, 6.07) is 7.77. The van der Waals surface area contributed by atoms with E-state index in [-0.39, 0.29) is 23.1 Å². The van der Waals surface area contributed by atoms with Gasteiger partial charge in [-0.3, -0.25) is 4.79 Å². The molecule has 1 N–H and O–H groups in total. The largest absolute Gasteiger partial charge is 0.349 e. The van der Waals surface area contributed by atoms with E-state index in [1.165, 1.54) is 29.2 Å². The Hall–Kier alpha value is -1.91. The molecule has 6 nitrogen and oxygen atoms in total. The van der Waals surface area contributed by atoms with Gasteiger partial charge in [0.05, 0.1) is 22.3 Å². The Kier molecular flexibility index (Phi) is 6.34. The van der Waals surface area contributed by atoms with Crippen LogP contribution in [0.5, 0.6) is 0 Å². The minimum Gasteiger partial charge on any atom is -0.349 e. The summed E-state index contributed by atoms with van der Waals surface area (Å²) in [6.45, 7) is 0.725. The number of carbonyl (C=O) groups is 1. The number of carbonyl (C=O) groups excluding carboxylic acids is 1. The predicted molar refractivity (Wildman–Crippen MR) is 79.4 cm³/mol. The Bertz CT molecular complexity index is 616. The number of nitrogens with one attached hydrogen (secondary N) is 1. The quantitative estimate of drug-likeness (QED) is 0.736. The summed E-state index contributed by atoms with van der Waals surface area (Å²) in [5.41, 5.74) is 0.425. The second-order valence-corrected chi connectivity index (χ2v) is 6.85. The van der Waals surface area contributed by atoms with Crippen LogP contribution in [0.1, 0.15) is 12.0 Å². The molecule has 21 heavy (non-hydrogen) atoms. The normalized spacial score (nSPS) is 10.9. The molecule has 0 spiro atoms. The number of benzene rings is 1. The summed E-state index contributed by atoms with van der Waals surface area (Å²) in [5.74, 6) is -0.0489. The van der Waals surface area contributed by atoms with Crippen molar-refractivity contribution in [2.24, 2.45) is 0 Å². The molecule has 1 aromatic carbocycles. The first-order valence-electron chi connectivity index (χ1n) is 6.50. The van der Waals surface area contributed by atoms with Crippen LogP contribution in [0.4, 0.5) is 0 Å². The summed E-state index contributed by atoms with van der Waals surface area (Å²) < 4.78 is 24.1. The monoisotopic (exact) mass is 309 g/mol.